The SMILES string of the molecule is CC(C)(c1ccccc1)c1ccc(O)cc1.CC=O. The first kappa shape index (κ1) is 15.0. The zero-order chi connectivity index (χ0) is 14.3. The molecule has 0 fully saturated rings. The summed E-state index contributed by atoms with van der Waals surface area (Å²) in [6.07, 6.45) is 0.750. The maximum Gasteiger partial charge on any atom is 0.116 e. The molecule has 2 aromatic carbocycles. The fourth-order valence-electron chi connectivity index (χ4n) is 1.90. The Bertz CT molecular complexity index is 499. The molecule has 0 heterocycles. The summed E-state index contributed by atoms with van der Waals surface area (Å²) in [5, 5.41) is 9.29. The molecule has 0 aliphatic rings. The van der Waals surface area contributed by atoms with Gasteiger partial charge in [-0.25, -0.2) is 0 Å². The van der Waals surface area contributed by atoms with Crippen LogP contribution in [0.1, 0.15) is 31.9 Å². The highest BCUT2D eigenvalue weighted by Crippen LogP contribution is 2.31. The van der Waals surface area contributed by atoms with Crippen molar-refractivity contribution >= 4 is 6.29 Å². The quantitative estimate of drug-likeness (QED) is 0.827. The number of aromatic hydroxyl groups is 1. The van der Waals surface area contributed by atoms with Crippen molar-refractivity contribution in [1.82, 2.24) is 0 Å². The van der Waals surface area contributed by atoms with Gasteiger partial charge in [0.25, 0.3) is 0 Å². The lowest BCUT2D eigenvalue weighted by Gasteiger charge is -2.26. The van der Waals surface area contributed by atoms with Crippen LogP contribution >= 0.6 is 0 Å². The van der Waals surface area contributed by atoms with Crippen molar-refractivity contribution in [3.05, 3.63) is 65.7 Å². The Hall–Kier alpha value is -2.09. The molecule has 0 radical (unpaired) electrons. The average molecular weight is 256 g/mol. The van der Waals surface area contributed by atoms with E-state index in [1.54, 1.807) is 12.1 Å². The van der Waals surface area contributed by atoms with Crippen molar-refractivity contribution < 1.29 is 9.90 Å². The van der Waals surface area contributed by atoms with Crippen molar-refractivity contribution in [2.24, 2.45) is 0 Å². The van der Waals surface area contributed by atoms with E-state index in [0.717, 1.165) is 6.29 Å². The molecule has 0 saturated carbocycles. The molecular weight excluding hydrogens is 236 g/mol. The minimum atomic E-state index is -0.0328. The Kier molecular flexibility index (Phi) is 5.31. The Morgan fingerprint density at radius 1 is 0.895 bits per heavy atom. The van der Waals surface area contributed by atoms with E-state index in [0.29, 0.717) is 5.75 Å². The van der Waals surface area contributed by atoms with Crippen molar-refractivity contribution in [1.29, 1.82) is 0 Å². The Labute approximate surface area is 114 Å². The van der Waals surface area contributed by atoms with E-state index in [9.17, 15) is 5.11 Å². The van der Waals surface area contributed by atoms with E-state index in [1.807, 2.05) is 18.2 Å². The van der Waals surface area contributed by atoms with Crippen LogP contribution in [0.2, 0.25) is 0 Å². The number of rotatable bonds is 2. The van der Waals surface area contributed by atoms with Gasteiger partial charge in [0.15, 0.2) is 0 Å². The summed E-state index contributed by atoms with van der Waals surface area (Å²) in [6.45, 7) is 5.82. The number of carbonyl (C=O) groups is 1. The molecule has 2 rings (SSSR count). The van der Waals surface area contributed by atoms with E-state index in [1.165, 1.54) is 18.1 Å². The van der Waals surface area contributed by atoms with E-state index < -0.39 is 0 Å². The van der Waals surface area contributed by atoms with E-state index in [4.69, 9.17) is 4.79 Å². The fourth-order valence-corrected chi connectivity index (χ4v) is 1.90. The van der Waals surface area contributed by atoms with Crippen molar-refractivity contribution in [3.8, 4) is 5.75 Å². The van der Waals surface area contributed by atoms with Gasteiger partial charge in [-0.05, 0) is 30.2 Å². The highest BCUT2D eigenvalue weighted by Gasteiger charge is 2.22. The first-order valence-electron chi connectivity index (χ1n) is 6.27. The standard InChI is InChI=1S/C15H16O.C2H4O/c1-15(2,12-6-4-3-5-7-12)13-8-10-14(16)11-9-13;1-2-3/h3-11,16H,1-2H3;2H,1H3. The third kappa shape index (κ3) is 3.95. The second-order valence-corrected chi connectivity index (χ2v) is 4.77. The van der Waals surface area contributed by atoms with Gasteiger partial charge in [-0.15, -0.1) is 0 Å². The molecule has 2 aromatic rings. The molecule has 1 N–H and O–H groups in total. The lowest BCUT2D eigenvalue weighted by atomic mass is 9.78. The Balaban J connectivity index is 0.000000550. The normalized spacial score (nSPS) is 10.3. The molecule has 2 nitrogen and oxygen atoms in total. The van der Waals surface area contributed by atoms with Crippen LogP contribution in [0.5, 0.6) is 5.75 Å². The Morgan fingerprint density at radius 3 is 1.79 bits per heavy atom. The largest absolute Gasteiger partial charge is 0.508 e. The number of phenolic OH excluding ortho intramolecular Hbond substituents is 1. The molecule has 0 spiro atoms. The minimum Gasteiger partial charge on any atom is -0.508 e. The zero-order valence-electron chi connectivity index (χ0n) is 11.6. The summed E-state index contributed by atoms with van der Waals surface area (Å²) in [4.78, 5) is 8.81. The summed E-state index contributed by atoms with van der Waals surface area (Å²) in [5.74, 6) is 0.313. The van der Waals surface area contributed by atoms with Crippen molar-refractivity contribution in [3.63, 3.8) is 0 Å². The van der Waals surface area contributed by atoms with Crippen LogP contribution in [0.25, 0.3) is 0 Å². The second-order valence-electron chi connectivity index (χ2n) is 4.77. The second kappa shape index (κ2) is 6.74. The number of aldehydes is 1. The summed E-state index contributed by atoms with van der Waals surface area (Å²) in [6, 6.07) is 17.8. The van der Waals surface area contributed by atoms with E-state index in [2.05, 4.69) is 38.1 Å². The lowest BCUT2D eigenvalue weighted by Crippen LogP contribution is -2.18. The Morgan fingerprint density at radius 2 is 1.32 bits per heavy atom. The lowest BCUT2D eigenvalue weighted by molar-refractivity contribution is -0.106. The first-order valence-corrected chi connectivity index (χ1v) is 6.27. The number of benzene rings is 2. The van der Waals surface area contributed by atoms with Gasteiger partial charge >= 0.3 is 0 Å². The predicted octanol–water partition coefficient (Wildman–Crippen LogP) is 3.92. The summed E-state index contributed by atoms with van der Waals surface area (Å²) in [7, 11) is 0. The van der Waals surface area contributed by atoms with Gasteiger partial charge < -0.3 is 9.90 Å². The van der Waals surface area contributed by atoms with Crippen LogP contribution in [0, 0.1) is 0 Å². The number of hydrogen-bond acceptors (Lipinski definition) is 2. The monoisotopic (exact) mass is 256 g/mol. The number of carbonyl (C=O) groups excluding carboxylic acids is 1. The average Bonchev–Trinajstić information content (AvgIpc) is 2.41. The van der Waals surface area contributed by atoms with Crippen LogP contribution in [0.3, 0.4) is 0 Å². The molecule has 0 aliphatic heterocycles. The predicted molar refractivity (Wildman–Crippen MR) is 78.4 cm³/mol. The molecule has 2 heteroatoms. The third-order valence-corrected chi connectivity index (χ3v) is 3.08. The highest BCUT2D eigenvalue weighted by molar-refractivity contribution is 5.44. The van der Waals surface area contributed by atoms with Crippen LogP contribution in [-0.4, -0.2) is 11.4 Å². The third-order valence-electron chi connectivity index (χ3n) is 3.08. The van der Waals surface area contributed by atoms with Crippen LogP contribution < -0.4 is 0 Å². The molecule has 0 unspecified atom stereocenters. The minimum absolute atomic E-state index is 0.0328. The van der Waals surface area contributed by atoms with Gasteiger partial charge in [0, 0.05) is 5.41 Å². The van der Waals surface area contributed by atoms with Crippen LogP contribution in [-0.2, 0) is 10.2 Å². The molecule has 0 bridgehead atoms. The summed E-state index contributed by atoms with van der Waals surface area (Å²) >= 11 is 0. The van der Waals surface area contributed by atoms with Gasteiger partial charge in [0.05, 0.1) is 0 Å². The van der Waals surface area contributed by atoms with E-state index in [-0.39, 0.29) is 5.41 Å². The van der Waals surface area contributed by atoms with Crippen molar-refractivity contribution in [2.75, 3.05) is 0 Å². The number of hydrogen-bond donors (Lipinski definition) is 1. The summed E-state index contributed by atoms with van der Waals surface area (Å²) < 4.78 is 0. The van der Waals surface area contributed by atoms with Crippen molar-refractivity contribution in [2.45, 2.75) is 26.2 Å². The maximum atomic E-state index is 9.29. The molecule has 19 heavy (non-hydrogen) atoms. The van der Waals surface area contributed by atoms with Gasteiger partial charge in [-0.1, -0.05) is 56.3 Å². The first-order chi connectivity index (χ1) is 9.02. The molecule has 0 amide bonds. The van der Waals surface area contributed by atoms with Gasteiger partial charge in [-0.3, -0.25) is 0 Å². The zero-order valence-corrected chi connectivity index (χ0v) is 11.6. The highest BCUT2D eigenvalue weighted by atomic mass is 16.3. The summed E-state index contributed by atoms with van der Waals surface area (Å²) in [5.41, 5.74) is 2.45. The molecular formula is C17H20O2. The van der Waals surface area contributed by atoms with Gasteiger partial charge in [-0.2, -0.15) is 0 Å². The molecule has 0 aliphatic carbocycles. The smallest absolute Gasteiger partial charge is 0.116 e. The maximum absolute atomic E-state index is 9.29. The number of phenols is 1. The van der Waals surface area contributed by atoms with Crippen LogP contribution in [0.15, 0.2) is 54.6 Å². The van der Waals surface area contributed by atoms with Crippen LogP contribution in [0.4, 0.5) is 0 Å². The van der Waals surface area contributed by atoms with E-state index >= 15 is 0 Å². The van der Waals surface area contributed by atoms with Gasteiger partial charge in [0.2, 0.25) is 0 Å². The van der Waals surface area contributed by atoms with Gasteiger partial charge in [0.1, 0.15) is 12.0 Å². The molecule has 100 valence electrons. The molecule has 0 saturated heterocycles. The topological polar surface area (TPSA) is 37.3 Å². The molecule has 0 atom stereocenters. The molecule has 0 aromatic heterocycles. The fraction of sp³-hybridized carbons (Fsp3) is 0.235.